The van der Waals surface area contributed by atoms with Gasteiger partial charge in [0.05, 0.1) is 13.7 Å². The van der Waals surface area contributed by atoms with Crippen LogP contribution >= 0.6 is 0 Å². The Hall–Kier alpha value is -2.49. The largest absolute Gasteiger partial charge is 0.497 e. The number of nitrogens with one attached hydrogen (secondary N) is 1. The van der Waals surface area contributed by atoms with Gasteiger partial charge in [-0.3, -0.25) is 4.79 Å². The lowest BCUT2D eigenvalue weighted by Crippen LogP contribution is -2.12. The predicted molar refractivity (Wildman–Crippen MR) is 85.6 cm³/mol. The van der Waals surface area contributed by atoms with Crippen molar-refractivity contribution in [1.29, 1.82) is 0 Å². The fourth-order valence-electron chi connectivity index (χ4n) is 2.58. The first-order valence-corrected chi connectivity index (χ1v) is 7.43. The molecule has 0 unspecified atom stereocenters. The molecule has 2 aromatic rings. The summed E-state index contributed by atoms with van der Waals surface area (Å²) in [4.78, 5) is 12.0. The summed E-state index contributed by atoms with van der Waals surface area (Å²) in [6.45, 7) is 0.759. The van der Waals surface area contributed by atoms with Gasteiger partial charge >= 0.3 is 0 Å². The summed E-state index contributed by atoms with van der Waals surface area (Å²) >= 11 is 0. The van der Waals surface area contributed by atoms with E-state index < -0.39 is 0 Å². The monoisotopic (exact) mass is 297 g/mol. The molecule has 0 saturated heterocycles. The molecule has 4 nitrogen and oxygen atoms in total. The van der Waals surface area contributed by atoms with Crippen LogP contribution in [0.3, 0.4) is 0 Å². The minimum Gasteiger partial charge on any atom is -0.497 e. The van der Waals surface area contributed by atoms with Crippen molar-refractivity contribution in [3.8, 4) is 11.5 Å². The Morgan fingerprint density at radius 3 is 3.05 bits per heavy atom. The van der Waals surface area contributed by atoms with Gasteiger partial charge in [-0.1, -0.05) is 18.2 Å². The number of anilines is 1. The summed E-state index contributed by atoms with van der Waals surface area (Å²) in [5.41, 5.74) is 3.17. The minimum absolute atomic E-state index is 0.00463. The van der Waals surface area contributed by atoms with Crippen molar-refractivity contribution in [1.82, 2.24) is 0 Å². The number of hydrogen-bond acceptors (Lipinski definition) is 3. The Kier molecular flexibility index (Phi) is 4.28. The van der Waals surface area contributed by atoms with Crippen molar-refractivity contribution in [3.05, 3.63) is 53.6 Å². The molecule has 1 aliphatic rings. The molecule has 1 heterocycles. The molecule has 0 spiro atoms. The number of hydrogen-bond donors (Lipinski definition) is 1. The maximum atomic E-state index is 12.0. The Bertz CT molecular complexity index is 682. The van der Waals surface area contributed by atoms with Gasteiger partial charge < -0.3 is 14.8 Å². The molecule has 3 rings (SSSR count). The Morgan fingerprint density at radius 2 is 2.18 bits per heavy atom. The van der Waals surface area contributed by atoms with Crippen LogP contribution in [0.15, 0.2) is 42.5 Å². The first kappa shape index (κ1) is 14.4. The van der Waals surface area contributed by atoms with E-state index in [4.69, 9.17) is 9.47 Å². The summed E-state index contributed by atoms with van der Waals surface area (Å²) in [5, 5.41) is 2.90. The number of benzene rings is 2. The Balaban J connectivity index is 1.56. The molecule has 1 aliphatic heterocycles. The van der Waals surface area contributed by atoms with E-state index in [1.807, 2.05) is 36.4 Å². The van der Waals surface area contributed by atoms with E-state index in [0.29, 0.717) is 6.42 Å². The molecule has 0 atom stereocenters. The zero-order chi connectivity index (χ0) is 15.4. The van der Waals surface area contributed by atoms with E-state index >= 15 is 0 Å². The SMILES string of the molecule is COc1cccc(NC(=O)CCc2ccc3c(c2)CCO3)c1. The second-order valence-electron chi connectivity index (χ2n) is 5.32. The number of carbonyl (C=O) groups excluding carboxylic acids is 1. The van der Waals surface area contributed by atoms with Crippen LogP contribution in [-0.4, -0.2) is 19.6 Å². The molecular formula is C18H19NO3. The average Bonchev–Trinajstić information content (AvgIpc) is 3.00. The zero-order valence-corrected chi connectivity index (χ0v) is 12.6. The van der Waals surface area contributed by atoms with E-state index in [0.717, 1.165) is 36.6 Å². The third-order valence-corrected chi connectivity index (χ3v) is 3.75. The normalized spacial score (nSPS) is 12.4. The van der Waals surface area contributed by atoms with Crippen molar-refractivity contribution in [2.45, 2.75) is 19.3 Å². The second kappa shape index (κ2) is 6.52. The number of ether oxygens (including phenoxy) is 2. The first-order valence-electron chi connectivity index (χ1n) is 7.43. The van der Waals surface area contributed by atoms with Gasteiger partial charge in [-0.2, -0.15) is 0 Å². The maximum absolute atomic E-state index is 12.0. The molecule has 4 heteroatoms. The van der Waals surface area contributed by atoms with Gasteiger partial charge in [-0.25, -0.2) is 0 Å². The molecule has 0 aromatic heterocycles. The van der Waals surface area contributed by atoms with Gasteiger partial charge in [0.2, 0.25) is 5.91 Å². The van der Waals surface area contributed by atoms with E-state index in [1.54, 1.807) is 7.11 Å². The van der Waals surface area contributed by atoms with Crippen LogP contribution in [-0.2, 0) is 17.6 Å². The third-order valence-electron chi connectivity index (χ3n) is 3.75. The van der Waals surface area contributed by atoms with Crippen molar-refractivity contribution >= 4 is 11.6 Å². The van der Waals surface area contributed by atoms with Gasteiger partial charge in [-0.15, -0.1) is 0 Å². The van der Waals surface area contributed by atoms with Gasteiger partial charge in [0.25, 0.3) is 0 Å². The van der Waals surface area contributed by atoms with Crippen molar-refractivity contribution in [3.63, 3.8) is 0 Å². The molecular weight excluding hydrogens is 278 g/mol. The summed E-state index contributed by atoms with van der Waals surface area (Å²) in [6, 6.07) is 13.5. The first-order chi connectivity index (χ1) is 10.7. The van der Waals surface area contributed by atoms with Crippen LogP contribution < -0.4 is 14.8 Å². The topological polar surface area (TPSA) is 47.6 Å². The number of amides is 1. The van der Waals surface area contributed by atoms with Crippen LogP contribution in [0.1, 0.15) is 17.5 Å². The lowest BCUT2D eigenvalue weighted by molar-refractivity contribution is -0.116. The smallest absolute Gasteiger partial charge is 0.224 e. The lowest BCUT2D eigenvalue weighted by atomic mass is 10.0. The number of carbonyl (C=O) groups is 1. The number of rotatable bonds is 5. The highest BCUT2D eigenvalue weighted by atomic mass is 16.5. The number of fused-ring (bicyclic) bond motifs is 1. The van der Waals surface area contributed by atoms with Crippen LogP contribution in [0, 0.1) is 0 Å². The summed E-state index contributed by atoms with van der Waals surface area (Å²) in [7, 11) is 1.61. The molecule has 22 heavy (non-hydrogen) atoms. The molecule has 0 radical (unpaired) electrons. The average molecular weight is 297 g/mol. The minimum atomic E-state index is 0.00463. The molecule has 0 aliphatic carbocycles. The highest BCUT2D eigenvalue weighted by Gasteiger charge is 2.12. The van der Waals surface area contributed by atoms with E-state index in [2.05, 4.69) is 11.4 Å². The van der Waals surface area contributed by atoms with E-state index in [-0.39, 0.29) is 5.91 Å². The molecule has 1 amide bonds. The quantitative estimate of drug-likeness (QED) is 0.922. The molecule has 2 aromatic carbocycles. The van der Waals surface area contributed by atoms with Crippen LogP contribution in [0.25, 0.3) is 0 Å². The molecule has 0 bridgehead atoms. The lowest BCUT2D eigenvalue weighted by Gasteiger charge is -2.07. The second-order valence-corrected chi connectivity index (χ2v) is 5.32. The highest BCUT2D eigenvalue weighted by molar-refractivity contribution is 5.91. The Labute approximate surface area is 130 Å². The molecule has 0 saturated carbocycles. The molecule has 0 fully saturated rings. The van der Waals surface area contributed by atoms with E-state index in [9.17, 15) is 4.79 Å². The zero-order valence-electron chi connectivity index (χ0n) is 12.6. The third kappa shape index (κ3) is 3.39. The summed E-state index contributed by atoms with van der Waals surface area (Å²) in [6.07, 6.45) is 2.14. The fraction of sp³-hybridized carbons (Fsp3) is 0.278. The van der Waals surface area contributed by atoms with E-state index in [1.165, 1.54) is 11.1 Å². The van der Waals surface area contributed by atoms with Crippen molar-refractivity contribution in [2.75, 3.05) is 19.0 Å². The van der Waals surface area contributed by atoms with Crippen molar-refractivity contribution < 1.29 is 14.3 Å². The van der Waals surface area contributed by atoms with Gasteiger partial charge in [0.15, 0.2) is 0 Å². The van der Waals surface area contributed by atoms with Crippen LogP contribution in [0.2, 0.25) is 0 Å². The molecule has 114 valence electrons. The van der Waals surface area contributed by atoms with Gasteiger partial charge in [0.1, 0.15) is 11.5 Å². The Morgan fingerprint density at radius 1 is 1.27 bits per heavy atom. The predicted octanol–water partition coefficient (Wildman–Crippen LogP) is 3.20. The highest BCUT2D eigenvalue weighted by Crippen LogP contribution is 2.26. The van der Waals surface area contributed by atoms with Crippen molar-refractivity contribution in [2.24, 2.45) is 0 Å². The number of aryl methyl sites for hydroxylation is 1. The number of methoxy groups -OCH3 is 1. The fourth-order valence-corrected chi connectivity index (χ4v) is 2.58. The van der Waals surface area contributed by atoms with Crippen LogP contribution in [0.5, 0.6) is 11.5 Å². The molecule has 1 N–H and O–H groups in total. The van der Waals surface area contributed by atoms with Crippen LogP contribution in [0.4, 0.5) is 5.69 Å². The van der Waals surface area contributed by atoms with Gasteiger partial charge in [-0.05, 0) is 35.7 Å². The standard InChI is InChI=1S/C18H19NO3/c1-21-16-4-2-3-15(12-16)19-18(20)8-6-13-5-7-17-14(11-13)9-10-22-17/h2-5,7,11-12H,6,8-10H2,1H3,(H,19,20). The summed E-state index contributed by atoms with van der Waals surface area (Å²) in [5.74, 6) is 1.71. The maximum Gasteiger partial charge on any atom is 0.224 e. The van der Waals surface area contributed by atoms with Gasteiger partial charge in [0, 0.05) is 24.6 Å². The summed E-state index contributed by atoms with van der Waals surface area (Å²) < 4.78 is 10.6.